The summed E-state index contributed by atoms with van der Waals surface area (Å²) in [7, 11) is 0. The fourth-order valence-electron chi connectivity index (χ4n) is 3.99. The number of halogens is 1. The molecule has 2 saturated heterocycles. The van der Waals surface area contributed by atoms with E-state index in [1.165, 1.54) is 4.90 Å². The van der Waals surface area contributed by atoms with Crippen molar-refractivity contribution in [1.82, 2.24) is 4.90 Å². The standard InChI is InChI=1S/C22H22ClN3O3/c1-15(27)16-5-7-18(8-6-16)24-9-11-25(12-10-24)20-14-21(28)26(22(20)29)19-4-2-3-17(23)13-19/h2-8,13,20H,9-12,14H2,1H3. The lowest BCUT2D eigenvalue weighted by molar-refractivity contribution is -0.123. The van der Waals surface area contributed by atoms with E-state index in [4.69, 9.17) is 11.6 Å². The lowest BCUT2D eigenvalue weighted by Gasteiger charge is -2.38. The smallest absolute Gasteiger partial charge is 0.251 e. The SMILES string of the molecule is CC(=O)c1ccc(N2CCN(C3CC(=O)N(c4cccc(Cl)c4)C3=O)CC2)cc1. The molecule has 2 amide bonds. The number of amides is 2. The number of ketones is 1. The van der Waals surface area contributed by atoms with Crippen LogP contribution >= 0.6 is 11.6 Å². The number of imide groups is 1. The Hall–Kier alpha value is -2.70. The molecule has 2 aliphatic heterocycles. The van der Waals surface area contributed by atoms with Gasteiger partial charge in [-0.2, -0.15) is 0 Å². The molecule has 0 spiro atoms. The van der Waals surface area contributed by atoms with E-state index in [-0.39, 0.29) is 24.0 Å². The molecule has 2 fully saturated rings. The second-order valence-corrected chi connectivity index (χ2v) is 7.83. The van der Waals surface area contributed by atoms with Gasteiger partial charge in [0.25, 0.3) is 5.91 Å². The minimum Gasteiger partial charge on any atom is -0.369 e. The lowest BCUT2D eigenvalue weighted by Crippen LogP contribution is -2.52. The van der Waals surface area contributed by atoms with Crippen LogP contribution in [0.4, 0.5) is 11.4 Å². The van der Waals surface area contributed by atoms with Crippen molar-refractivity contribution in [2.24, 2.45) is 0 Å². The Morgan fingerprint density at radius 3 is 2.28 bits per heavy atom. The van der Waals surface area contributed by atoms with E-state index in [0.29, 0.717) is 29.4 Å². The van der Waals surface area contributed by atoms with Gasteiger partial charge in [0.15, 0.2) is 5.78 Å². The highest BCUT2D eigenvalue weighted by Gasteiger charge is 2.43. The maximum atomic E-state index is 13.0. The van der Waals surface area contributed by atoms with Gasteiger partial charge in [0, 0.05) is 42.5 Å². The number of Topliss-reactive ketones (excluding diaryl/α,β-unsaturated/α-hetero) is 1. The van der Waals surface area contributed by atoms with Crippen molar-refractivity contribution in [3.63, 3.8) is 0 Å². The van der Waals surface area contributed by atoms with Crippen LogP contribution in [0, 0.1) is 0 Å². The predicted octanol–water partition coefficient (Wildman–Crippen LogP) is 3.00. The van der Waals surface area contributed by atoms with Gasteiger partial charge in [-0.3, -0.25) is 19.3 Å². The molecule has 0 aromatic heterocycles. The quantitative estimate of drug-likeness (QED) is 0.571. The summed E-state index contributed by atoms with van der Waals surface area (Å²) in [5, 5.41) is 0.496. The number of carbonyl (C=O) groups is 3. The third kappa shape index (κ3) is 3.91. The highest BCUT2D eigenvalue weighted by Crippen LogP contribution is 2.28. The van der Waals surface area contributed by atoms with Gasteiger partial charge in [0.2, 0.25) is 5.91 Å². The van der Waals surface area contributed by atoms with Crippen LogP contribution in [-0.2, 0) is 9.59 Å². The Morgan fingerprint density at radius 2 is 1.66 bits per heavy atom. The summed E-state index contributed by atoms with van der Waals surface area (Å²) >= 11 is 6.02. The molecule has 1 unspecified atom stereocenters. The number of benzene rings is 2. The molecule has 6 nitrogen and oxygen atoms in total. The summed E-state index contributed by atoms with van der Waals surface area (Å²) in [5.74, 6) is -0.323. The molecular weight excluding hydrogens is 390 g/mol. The highest BCUT2D eigenvalue weighted by molar-refractivity contribution is 6.31. The first-order valence-corrected chi connectivity index (χ1v) is 10.0. The van der Waals surface area contributed by atoms with Crippen LogP contribution in [0.1, 0.15) is 23.7 Å². The molecule has 4 rings (SSSR count). The Kier molecular flexibility index (Phi) is 5.39. The largest absolute Gasteiger partial charge is 0.369 e. The molecule has 0 saturated carbocycles. The van der Waals surface area contributed by atoms with Gasteiger partial charge in [0.1, 0.15) is 0 Å². The zero-order valence-electron chi connectivity index (χ0n) is 16.2. The molecule has 150 valence electrons. The second-order valence-electron chi connectivity index (χ2n) is 7.39. The van der Waals surface area contributed by atoms with Crippen LogP contribution in [0.25, 0.3) is 0 Å². The third-order valence-corrected chi connectivity index (χ3v) is 5.82. The second kappa shape index (κ2) is 7.97. The minimum atomic E-state index is -0.427. The first-order chi connectivity index (χ1) is 13.9. The lowest BCUT2D eigenvalue weighted by atomic mass is 10.1. The van der Waals surface area contributed by atoms with Gasteiger partial charge < -0.3 is 4.90 Å². The molecule has 2 aromatic rings. The summed E-state index contributed by atoms with van der Waals surface area (Å²) in [4.78, 5) is 42.5. The Balaban J connectivity index is 1.41. The number of carbonyl (C=O) groups excluding carboxylic acids is 3. The van der Waals surface area contributed by atoms with Gasteiger partial charge in [0.05, 0.1) is 18.2 Å². The summed E-state index contributed by atoms with van der Waals surface area (Å²) in [6.45, 7) is 4.46. The van der Waals surface area contributed by atoms with Crippen LogP contribution in [0.2, 0.25) is 5.02 Å². The van der Waals surface area contributed by atoms with Gasteiger partial charge in [-0.05, 0) is 49.4 Å². The summed E-state index contributed by atoms with van der Waals surface area (Å²) < 4.78 is 0. The summed E-state index contributed by atoms with van der Waals surface area (Å²) in [5.41, 5.74) is 2.28. The molecule has 2 aromatic carbocycles. The number of hydrogen-bond acceptors (Lipinski definition) is 5. The number of piperazine rings is 1. The van der Waals surface area contributed by atoms with Crippen molar-refractivity contribution in [1.29, 1.82) is 0 Å². The van der Waals surface area contributed by atoms with Crippen molar-refractivity contribution in [2.75, 3.05) is 36.0 Å². The predicted molar refractivity (Wildman–Crippen MR) is 113 cm³/mol. The molecule has 7 heteroatoms. The molecule has 29 heavy (non-hydrogen) atoms. The Morgan fingerprint density at radius 1 is 0.966 bits per heavy atom. The number of hydrogen-bond donors (Lipinski definition) is 0. The van der Waals surface area contributed by atoms with Crippen molar-refractivity contribution >= 4 is 40.6 Å². The van der Waals surface area contributed by atoms with Gasteiger partial charge >= 0.3 is 0 Å². The van der Waals surface area contributed by atoms with Crippen LogP contribution in [0.5, 0.6) is 0 Å². The van der Waals surface area contributed by atoms with Crippen molar-refractivity contribution < 1.29 is 14.4 Å². The van der Waals surface area contributed by atoms with Crippen LogP contribution < -0.4 is 9.80 Å². The first kappa shape index (κ1) is 19.6. The molecule has 2 heterocycles. The van der Waals surface area contributed by atoms with E-state index >= 15 is 0 Å². The van der Waals surface area contributed by atoms with Gasteiger partial charge in [-0.1, -0.05) is 17.7 Å². The van der Waals surface area contributed by atoms with E-state index in [1.54, 1.807) is 31.2 Å². The first-order valence-electron chi connectivity index (χ1n) is 9.66. The minimum absolute atomic E-state index is 0.0510. The fourth-order valence-corrected chi connectivity index (χ4v) is 4.17. The Labute approximate surface area is 174 Å². The van der Waals surface area contributed by atoms with E-state index in [1.807, 2.05) is 24.3 Å². The molecule has 0 N–H and O–H groups in total. The molecule has 2 aliphatic rings. The molecule has 0 radical (unpaired) electrons. The Bertz CT molecular complexity index is 952. The number of rotatable bonds is 4. The van der Waals surface area contributed by atoms with Crippen LogP contribution in [0.3, 0.4) is 0 Å². The monoisotopic (exact) mass is 411 g/mol. The maximum absolute atomic E-state index is 13.0. The van der Waals surface area contributed by atoms with Gasteiger partial charge in [-0.15, -0.1) is 0 Å². The topological polar surface area (TPSA) is 60.9 Å². The number of nitrogens with zero attached hydrogens (tertiary/aromatic N) is 3. The summed E-state index contributed by atoms with van der Waals surface area (Å²) in [6, 6.07) is 14.0. The average molecular weight is 412 g/mol. The van der Waals surface area contributed by atoms with E-state index < -0.39 is 6.04 Å². The molecule has 0 bridgehead atoms. The van der Waals surface area contributed by atoms with E-state index in [9.17, 15) is 14.4 Å². The number of anilines is 2. The van der Waals surface area contributed by atoms with Crippen molar-refractivity contribution in [3.8, 4) is 0 Å². The van der Waals surface area contributed by atoms with Crippen molar-refractivity contribution in [3.05, 3.63) is 59.1 Å². The third-order valence-electron chi connectivity index (χ3n) is 5.58. The van der Waals surface area contributed by atoms with E-state index in [2.05, 4.69) is 9.80 Å². The molecular formula is C22H22ClN3O3. The highest BCUT2D eigenvalue weighted by atomic mass is 35.5. The van der Waals surface area contributed by atoms with Crippen LogP contribution in [0.15, 0.2) is 48.5 Å². The normalized spacial score (nSPS) is 20.4. The zero-order valence-corrected chi connectivity index (χ0v) is 16.9. The zero-order chi connectivity index (χ0) is 20.5. The average Bonchev–Trinajstić information content (AvgIpc) is 3.02. The van der Waals surface area contributed by atoms with Gasteiger partial charge in [-0.25, -0.2) is 4.90 Å². The summed E-state index contributed by atoms with van der Waals surface area (Å²) in [6.07, 6.45) is 0.193. The molecule has 1 atom stereocenters. The maximum Gasteiger partial charge on any atom is 0.251 e. The molecule has 0 aliphatic carbocycles. The fraction of sp³-hybridized carbons (Fsp3) is 0.318. The van der Waals surface area contributed by atoms with Crippen LogP contribution in [-0.4, -0.2) is 54.7 Å². The van der Waals surface area contributed by atoms with E-state index in [0.717, 1.165) is 18.8 Å². The van der Waals surface area contributed by atoms with Crippen molar-refractivity contribution in [2.45, 2.75) is 19.4 Å².